The molecule has 17 heavy (non-hydrogen) atoms. The fourth-order valence-corrected chi connectivity index (χ4v) is 3.31. The van der Waals surface area contributed by atoms with Crippen LogP contribution < -0.4 is 10.0 Å². The molecule has 2 rings (SSSR count). The second kappa shape index (κ2) is 5.42. The molecule has 1 aromatic rings. The largest absolute Gasteiger partial charge is 0.317 e. The fourth-order valence-electron chi connectivity index (χ4n) is 1.89. The van der Waals surface area contributed by atoms with E-state index in [1.54, 1.807) is 6.07 Å². The van der Waals surface area contributed by atoms with Gasteiger partial charge in [0.15, 0.2) is 0 Å². The van der Waals surface area contributed by atoms with Gasteiger partial charge in [0.1, 0.15) is 0 Å². The third-order valence-electron chi connectivity index (χ3n) is 2.73. The quantitative estimate of drug-likeness (QED) is 0.805. The highest BCUT2D eigenvalue weighted by Gasteiger charge is 2.21. The van der Waals surface area contributed by atoms with Gasteiger partial charge in [-0.05, 0) is 37.9 Å². The molecule has 1 aromatic heterocycles. The van der Waals surface area contributed by atoms with Crippen molar-refractivity contribution < 1.29 is 8.42 Å². The van der Waals surface area contributed by atoms with E-state index < -0.39 is 10.0 Å². The first-order valence-electron chi connectivity index (χ1n) is 5.64. The molecular formula is C10H16N4O2S. The van der Waals surface area contributed by atoms with Gasteiger partial charge in [0.25, 0.3) is 0 Å². The molecule has 7 heteroatoms. The van der Waals surface area contributed by atoms with Crippen LogP contribution in [0.15, 0.2) is 18.5 Å². The molecule has 6 nitrogen and oxygen atoms in total. The normalized spacial score (nSPS) is 17.9. The van der Waals surface area contributed by atoms with E-state index >= 15 is 0 Å². The molecule has 0 amide bonds. The number of rotatable bonds is 4. The van der Waals surface area contributed by atoms with Crippen LogP contribution in [0, 0.1) is 5.92 Å². The zero-order valence-electron chi connectivity index (χ0n) is 9.46. The van der Waals surface area contributed by atoms with Gasteiger partial charge in [-0.2, -0.15) is 0 Å². The molecule has 2 heterocycles. The zero-order chi connectivity index (χ0) is 12.1. The summed E-state index contributed by atoms with van der Waals surface area (Å²) in [6.07, 6.45) is 4.82. The first-order chi connectivity index (χ1) is 8.16. The van der Waals surface area contributed by atoms with E-state index in [-0.39, 0.29) is 17.6 Å². The van der Waals surface area contributed by atoms with E-state index in [9.17, 15) is 8.42 Å². The molecule has 0 spiro atoms. The molecule has 0 unspecified atom stereocenters. The van der Waals surface area contributed by atoms with Crippen molar-refractivity contribution in [1.82, 2.24) is 15.3 Å². The minimum absolute atomic E-state index is 0.140. The van der Waals surface area contributed by atoms with Crippen molar-refractivity contribution in [2.45, 2.75) is 12.8 Å². The highest BCUT2D eigenvalue weighted by molar-refractivity contribution is 7.92. The summed E-state index contributed by atoms with van der Waals surface area (Å²) in [4.78, 5) is 7.69. The number of aromatic nitrogens is 2. The molecule has 1 fully saturated rings. The van der Waals surface area contributed by atoms with Crippen LogP contribution in [0.4, 0.5) is 5.95 Å². The Morgan fingerprint density at radius 1 is 1.29 bits per heavy atom. The number of nitrogens with one attached hydrogen (secondary N) is 2. The van der Waals surface area contributed by atoms with Crippen molar-refractivity contribution in [3.05, 3.63) is 18.5 Å². The molecule has 0 aliphatic carbocycles. The molecular weight excluding hydrogens is 240 g/mol. The Labute approximate surface area is 101 Å². The van der Waals surface area contributed by atoms with E-state index in [0.29, 0.717) is 0 Å². The van der Waals surface area contributed by atoms with Crippen LogP contribution in [0.5, 0.6) is 0 Å². The van der Waals surface area contributed by atoms with Gasteiger partial charge in [0.05, 0.1) is 5.75 Å². The molecule has 0 aromatic carbocycles. The molecule has 1 aliphatic rings. The van der Waals surface area contributed by atoms with Crippen molar-refractivity contribution in [3.63, 3.8) is 0 Å². The Kier molecular flexibility index (Phi) is 3.90. The highest BCUT2D eigenvalue weighted by atomic mass is 32.2. The number of sulfonamides is 1. The van der Waals surface area contributed by atoms with Gasteiger partial charge in [0, 0.05) is 12.4 Å². The van der Waals surface area contributed by atoms with Crippen LogP contribution in [-0.4, -0.2) is 37.2 Å². The Morgan fingerprint density at radius 2 is 1.94 bits per heavy atom. The number of hydrogen-bond acceptors (Lipinski definition) is 5. The minimum atomic E-state index is -3.34. The lowest BCUT2D eigenvalue weighted by molar-refractivity contribution is 0.402. The fraction of sp³-hybridized carbons (Fsp3) is 0.600. The van der Waals surface area contributed by atoms with Crippen molar-refractivity contribution in [1.29, 1.82) is 0 Å². The standard InChI is InChI=1S/C10H16N4O2S/c15-17(16,8-9-2-6-11-7-3-9)14-10-12-4-1-5-13-10/h1,4-5,9,11H,2-3,6-8H2,(H,12,13,14). The molecule has 0 radical (unpaired) electrons. The minimum Gasteiger partial charge on any atom is -0.317 e. The Balaban J connectivity index is 1.94. The number of nitrogens with zero attached hydrogens (tertiary/aromatic N) is 2. The van der Waals surface area contributed by atoms with E-state index in [4.69, 9.17) is 0 Å². The topological polar surface area (TPSA) is 84.0 Å². The van der Waals surface area contributed by atoms with Gasteiger partial charge in [-0.15, -0.1) is 0 Å². The summed E-state index contributed by atoms with van der Waals surface area (Å²) >= 11 is 0. The van der Waals surface area contributed by atoms with Gasteiger partial charge in [0.2, 0.25) is 16.0 Å². The van der Waals surface area contributed by atoms with E-state index in [0.717, 1.165) is 25.9 Å². The second-order valence-corrected chi connectivity index (χ2v) is 5.92. The second-order valence-electron chi connectivity index (χ2n) is 4.15. The SMILES string of the molecule is O=S(=O)(CC1CCNCC1)Nc1ncccn1. The molecule has 2 N–H and O–H groups in total. The average molecular weight is 256 g/mol. The number of hydrogen-bond donors (Lipinski definition) is 2. The predicted molar refractivity (Wildman–Crippen MR) is 65.0 cm³/mol. The van der Waals surface area contributed by atoms with Gasteiger partial charge in [-0.25, -0.2) is 18.4 Å². The molecule has 1 saturated heterocycles. The lowest BCUT2D eigenvalue weighted by atomic mass is 10.0. The Bertz CT molecular complexity index is 443. The summed E-state index contributed by atoms with van der Waals surface area (Å²) in [5.41, 5.74) is 0. The lowest BCUT2D eigenvalue weighted by Crippen LogP contribution is -2.33. The first-order valence-corrected chi connectivity index (χ1v) is 7.29. The van der Waals surface area contributed by atoms with Crippen LogP contribution in [0.25, 0.3) is 0 Å². The Morgan fingerprint density at radius 3 is 2.59 bits per heavy atom. The van der Waals surface area contributed by atoms with Crippen molar-refractivity contribution in [3.8, 4) is 0 Å². The first kappa shape index (κ1) is 12.3. The summed E-state index contributed by atoms with van der Waals surface area (Å²) in [5.74, 6) is 0.506. The number of piperidine rings is 1. The maximum absolute atomic E-state index is 11.9. The number of anilines is 1. The van der Waals surface area contributed by atoms with Crippen LogP contribution in [0.3, 0.4) is 0 Å². The molecule has 0 atom stereocenters. The summed E-state index contributed by atoms with van der Waals surface area (Å²) in [6.45, 7) is 1.78. The van der Waals surface area contributed by atoms with Crippen LogP contribution in [0.1, 0.15) is 12.8 Å². The van der Waals surface area contributed by atoms with Crippen molar-refractivity contribution in [2.75, 3.05) is 23.6 Å². The molecule has 1 aliphatic heterocycles. The molecule has 0 bridgehead atoms. The summed E-state index contributed by atoms with van der Waals surface area (Å²) in [7, 11) is -3.34. The van der Waals surface area contributed by atoms with Crippen molar-refractivity contribution in [2.24, 2.45) is 5.92 Å². The smallest absolute Gasteiger partial charge is 0.236 e. The van der Waals surface area contributed by atoms with E-state index in [2.05, 4.69) is 20.0 Å². The monoisotopic (exact) mass is 256 g/mol. The predicted octanol–water partition coefficient (Wildman–Crippen LogP) is 0.218. The summed E-state index contributed by atoms with van der Waals surface area (Å²) < 4.78 is 26.1. The average Bonchev–Trinajstić information content (AvgIpc) is 2.30. The van der Waals surface area contributed by atoms with Crippen LogP contribution >= 0.6 is 0 Å². The summed E-state index contributed by atoms with van der Waals surface area (Å²) in [5, 5.41) is 3.21. The third kappa shape index (κ3) is 3.94. The van der Waals surface area contributed by atoms with E-state index in [1.165, 1.54) is 12.4 Å². The van der Waals surface area contributed by atoms with Gasteiger partial charge in [-0.3, -0.25) is 4.72 Å². The highest BCUT2D eigenvalue weighted by Crippen LogP contribution is 2.14. The van der Waals surface area contributed by atoms with Crippen LogP contribution in [0.2, 0.25) is 0 Å². The van der Waals surface area contributed by atoms with Gasteiger partial charge in [-0.1, -0.05) is 0 Å². The van der Waals surface area contributed by atoms with Gasteiger partial charge >= 0.3 is 0 Å². The lowest BCUT2D eigenvalue weighted by Gasteiger charge is -2.22. The maximum atomic E-state index is 11.9. The van der Waals surface area contributed by atoms with Crippen molar-refractivity contribution >= 4 is 16.0 Å². The molecule has 0 saturated carbocycles. The third-order valence-corrected chi connectivity index (χ3v) is 4.13. The maximum Gasteiger partial charge on any atom is 0.236 e. The summed E-state index contributed by atoms with van der Waals surface area (Å²) in [6, 6.07) is 1.64. The zero-order valence-corrected chi connectivity index (χ0v) is 10.3. The Hall–Kier alpha value is -1.21. The van der Waals surface area contributed by atoms with Gasteiger partial charge < -0.3 is 5.32 Å². The van der Waals surface area contributed by atoms with Crippen LogP contribution in [-0.2, 0) is 10.0 Å². The molecule has 94 valence electrons. The van der Waals surface area contributed by atoms with E-state index in [1.807, 2.05) is 0 Å².